The Kier molecular flexibility index (Phi) is 5.31. The zero-order valence-corrected chi connectivity index (χ0v) is 19.3. The highest BCUT2D eigenvalue weighted by atomic mass is 16.4. The number of aromatic nitrogens is 3. The molecule has 3 aromatic rings. The van der Waals surface area contributed by atoms with Gasteiger partial charge in [0, 0.05) is 55.4 Å². The molecule has 2 saturated heterocycles. The molecule has 0 saturated carbocycles. The first kappa shape index (κ1) is 21.4. The van der Waals surface area contributed by atoms with Gasteiger partial charge in [-0.15, -0.1) is 0 Å². The predicted octanol–water partition coefficient (Wildman–Crippen LogP) is 3.99. The molecule has 1 aromatic carbocycles. The summed E-state index contributed by atoms with van der Waals surface area (Å²) < 4.78 is 0. The molecule has 0 radical (unpaired) electrons. The first-order valence-electron chi connectivity index (χ1n) is 11.5. The fourth-order valence-electron chi connectivity index (χ4n) is 5.08. The number of nitrogens with zero attached hydrogens (tertiary/aromatic N) is 6. The van der Waals surface area contributed by atoms with Crippen molar-refractivity contribution in [1.82, 2.24) is 19.9 Å². The van der Waals surface area contributed by atoms with E-state index in [0.29, 0.717) is 6.54 Å². The SMILES string of the molecule is CC(C)(C)N(C(=O)O)C1CCN(c2nccnc2C2CN(c3ccc4ccccc4n3)C2)C1. The first-order valence-corrected chi connectivity index (χ1v) is 11.5. The molecular formula is C25H30N6O2. The van der Waals surface area contributed by atoms with Crippen molar-refractivity contribution in [2.45, 2.75) is 44.7 Å². The number of para-hydroxylation sites is 1. The van der Waals surface area contributed by atoms with Gasteiger partial charge in [0.15, 0.2) is 5.82 Å². The number of benzene rings is 1. The van der Waals surface area contributed by atoms with Gasteiger partial charge in [0.05, 0.1) is 17.3 Å². The number of pyridine rings is 1. The van der Waals surface area contributed by atoms with E-state index in [9.17, 15) is 9.90 Å². The van der Waals surface area contributed by atoms with Crippen LogP contribution in [0.5, 0.6) is 0 Å². The van der Waals surface area contributed by atoms with E-state index in [-0.39, 0.29) is 12.0 Å². The topological polar surface area (TPSA) is 85.7 Å². The summed E-state index contributed by atoms with van der Waals surface area (Å²) in [7, 11) is 0. The van der Waals surface area contributed by atoms with Crippen LogP contribution < -0.4 is 9.80 Å². The normalized spacial score (nSPS) is 19.1. The zero-order chi connectivity index (χ0) is 23.2. The van der Waals surface area contributed by atoms with Crippen LogP contribution in [0, 0.1) is 0 Å². The van der Waals surface area contributed by atoms with Gasteiger partial charge >= 0.3 is 6.09 Å². The maximum Gasteiger partial charge on any atom is 0.408 e. The second kappa shape index (κ2) is 8.17. The molecule has 172 valence electrons. The largest absolute Gasteiger partial charge is 0.465 e. The van der Waals surface area contributed by atoms with Crippen molar-refractivity contribution in [3.63, 3.8) is 0 Å². The Morgan fingerprint density at radius 3 is 2.55 bits per heavy atom. The highest BCUT2D eigenvalue weighted by Gasteiger charge is 2.39. The van der Waals surface area contributed by atoms with E-state index < -0.39 is 11.6 Å². The van der Waals surface area contributed by atoms with E-state index in [1.807, 2.05) is 39.0 Å². The fourth-order valence-corrected chi connectivity index (χ4v) is 5.08. The number of fused-ring (bicyclic) bond motifs is 1. The van der Waals surface area contributed by atoms with Gasteiger partial charge < -0.3 is 14.9 Å². The van der Waals surface area contributed by atoms with Crippen molar-refractivity contribution in [1.29, 1.82) is 0 Å². The summed E-state index contributed by atoms with van der Waals surface area (Å²) in [6, 6.07) is 12.3. The molecule has 4 heterocycles. The molecule has 1 atom stereocenters. The first-order chi connectivity index (χ1) is 15.8. The summed E-state index contributed by atoms with van der Waals surface area (Å²) in [6.07, 6.45) is 3.40. The van der Waals surface area contributed by atoms with Gasteiger partial charge in [-0.3, -0.25) is 9.88 Å². The van der Waals surface area contributed by atoms with E-state index >= 15 is 0 Å². The lowest BCUT2D eigenvalue weighted by molar-refractivity contribution is 0.0763. The molecule has 8 heteroatoms. The van der Waals surface area contributed by atoms with E-state index in [4.69, 9.17) is 9.97 Å². The molecule has 0 spiro atoms. The van der Waals surface area contributed by atoms with Gasteiger partial charge in [-0.05, 0) is 45.4 Å². The Bertz CT molecular complexity index is 1170. The Morgan fingerprint density at radius 2 is 1.79 bits per heavy atom. The molecule has 5 rings (SSSR count). The van der Waals surface area contributed by atoms with Gasteiger partial charge in [-0.25, -0.2) is 14.8 Å². The number of carbonyl (C=O) groups is 1. The molecule has 2 aliphatic rings. The Balaban J connectivity index is 1.31. The summed E-state index contributed by atoms with van der Waals surface area (Å²) >= 11 is 0. The molecule has 0 bridgehead atoms. The Morgan fingerprint density at radius 1 is 1.03 bits per heavy atom. The third-order valence-electron chi connectivity index (χ3n) is 6.64. The van der Waals surface area contributed by atoms with Crippen LogP contribution in [-0.4, -0.2) is 68.8 Å². The average molecular weight is 447 g/mol. The number of rotatable bonds is 4. The average Bonchev–Trinajstić information content (AvgIpc) is 3.20. The lowest BCUT2D eigenvalue weighted by Gasteiger charge is -2.41. The molecular weight excluding hydrogens is 416 g/mol. The van der Waals surface area contributed by atoms with Crippen molar-refractivity contribution < 1.29 is 9.90 Å². The van der Waals surface area contributed by atoms with Crippen molar-refractivity contribution in [2.24, 2.45) is 0 Å². The summed E-state index contributed by atoms with van der Waals surface area (Å²) in [5.41, 5.74) is 1.55. The second-order valence-corrected chi connectivity index (χ2v) is 9.94. The van der Waals surface area contributed by atoms with Gasteiger partial charge in [0.2, 0.25) is 0 Å². The molecule has 33 heavy (non-hydrogen) atoms. The van der Waals surface area contributed by atoms with Gasteiger partial charge in [0.25, 0.3) is 0 Å². The van der Waals surface area contributed by atoms with Crippen molar-refractivity contribution in [3.8, 4) is 0 Å². The number of hydrogen-bond donors (Lipinski definition) is 1. The van der Waals surface area contributed by atoms with Gasteiger partial charge in [0.1, 0.15) is 5.82 Å². The zero-order valence-electron chi connectivity index (χ0n) is 19.3. The standard InChI is InChI=1S/C25H30N6O2/c1-25(2,3)31(24(32)33)19-10-13-29(16-19)23-22(26-11-12-27-23)18-14-30(15-18)21-9-8-17-6-4-5-7-20(17)28-21/h4-9,11-12,18-19H,10,13-16H2,1-3H3,(H,32,33). The van der Waals surface area contributed by atoms with Crippen LogP contribution in [0.25, 0.3) is 10.9 Å². The van der Waals surface area contributed by atoms with E-state index in [1.54, 1.807) is 17.3 Å². The summed E-state index contributed by atoms with van der Waals surface area (Å²) in [6.45, 7) is 8.94. The molecule has 1 N–H and O–H groups in total. The van der Waals surface area contributed by atoms with Crippen LogP contribution >= 0.6 is 0 Å². The summed E-state index contributed by atoms with van der Waals surface area (Å²) in [5.74, 6) is 2.15. The number of anilines is 2. The third kappa shape index (κ3) is 4.05. The second-order valence-electron chi connectivity index (χ2n) is 9.94. The molecule has 2 aromatic heterocycles. The summed E-state index contributed by atoms with van der Waals surface area (Å²) in [5, 5.41) is 10.9. The van der Waals surface area contributed by atoms with Crippen molar-refractivity contribution in [2.75, 3.05) is 36.0 Å². The minimum Gasteiger partial charge on any atom is -0.465 e. The highest BCUT2D eigenvalue weighted by molar-refractivity contribution is 5.80. The number of carboxylic acid groups (broad SMARTS) is 1. The third-order valence-corrected chi connectivity index (χ3v) is 6.64. The number of hydrogen-bond acceptors (Lipinski definition) is 6. The molecule has 2 fully saturated rings. The minimum absolute atomic E-state index is 0.0583. The maximum absolute atomic E-state index is 11.9. The van der Waals surface area contributed by atoms with Crippen LogP contribution in [0.15, 0.2) is 48.8 Å². The van der Waals surface area contributed by atoms with Crippen LogP contribution in [-0.2, 0) is 0 Å². The van der Waals surface area contributed by atoms with Gasteiger partial charge in [-0.2, -0.15) is 0 Å². The van der Waals surface area contributed by atoms with E-state index in [1.165, 1.54) is 0 Å². The summed E-state index contributed by atoms with van der Waals surface area (Å²) in [4.78, 5) is 32.2. The Hall–Kier alpha value is -3.42. The smallest absolute Gasteiger partial charge is 0.408 e. The van der Waals surface area contributed by atoms with Crippen LogP contribution in [0.4, 0.5) is 16.4 Å². The Labute approximate surface area is 193 Å². The van der Waals surface area contributed by atoms with E-state index in [2.05, 4.69) is 33.0 Å². The monoisotopic (exact) mass is 446 g/mol. The maximum atomic E-state index is 11.9. The van der Waals surface area contributed by atoms with E-state index in [0.717, 1.165) is 54.3 Å². The highest BCUT2D eigenvalue weighted by Crippen LogP contribution is 2.36. The van der Waals surface area contributed by atoms with Crippen molar-refractivity contribution >= 4 is 28.6 Å². The predicted molar refractivity (Wildman–Crippen MR) is 129 cm³/mol. The lowest BCUT2D eigenvalue weighted by Crippen LogP contribution is -2.52. The minimum atomic E-state index is -0.869. The molecule has 2 aliphatic heterocycles. The molecule has 0 aliphatic carbocycles. The fraction of sp³-hybridized carbons (Fsp3) is 0.440. The van der Waals surface area contributed by atoms with Crippen LogP contribution in [0.2, 0.25) is 0 Å². The van der Waals surface area contributed by atoms with Crippen LogP contribution in [0.3, 0.4) is 0 Å². The number of amides is 1. The molecule has 1 amide bonds. The molecule has 8 nitrogen and oxygen atoms in total. The molecule has 1 unspecified atom stereocenters. The lowest BCUT2D eigenvalue weighted by atomic mass is 9.95. The van der Waals surface area contributed by atoms with Crippen molar-refractivity contribution in [3.05, 3.63) is 54.5 Å². The van der Waals surface area contributed by atoms with Gasteiger partial charge in [-0.1, -0.05) is 18.2 Å². The quantitative estimate of drug-likeness (QED) is 0.649. The van der Waals surface area contributed by atoms with Crippen LogP contribution in [0.1, 0.15) is 38.8 Å².